The fourth-order valence-electron chi connectivity index (χ4n) is 1.45. The van der Waals surface area contributed by atoms with E-state index in [1.54, 1.807) is 0 Å². The van der Waals surface area contributed by atoms with E-state index >= 15 is 0 Å². The number of amides is 2. The second kappa shape index (κ2) is 5.68. The summed E-state index contributed by atoms with van der Waals surface area (Å²) in [5.41, 5.74) is 1.49. The van der Waals surface area contributed by atoms with Crippen molar-refractivity contribution in [2.75, 3.05) is 11.9 Å². The summed E-state index contributed by atoms with van der Waals surface area (Å²) in [6.45, 7) is 5.79. The van der Waals surface area contributed by atoms with E-state index in [1.165, 1.54) is 0 Å². The van der Waals surface area contributed by atoms with Gasteiger partial charge in [-0.3, -0.25) is 0 Å². The van der Waals surface area contributed by atoms with E-state index in [-0.39, 0.29) is 12.6 Å². The molecule has 4 heteroatoms. The molecule has 1 rings (SSSR count). The average Bonchev–Trinajstić information content (AvgIpc) is 2.20. The van der Waals surface area contributed by atoms with Gasteiger partial charge in [-0.2, -0.15) is 0 Å². The SMILES string of the molecule is Cc1ccc(NC(=O)NC(C)(C)CCO)cc1. The number of rotatable bonds is 4. The molecule has 0 saturated heterocycles. The number of aliphatic hydroxyl groups excluding tert-OH is 1. The Kier molecular flexibility index (Phi) is 4.52. The van der Waals surface area contributed by atoms with E-state index < -0.39 is 5.54 Å². The van der Waals surface area contributed by atoms with E-state index in [1.807, 2.05) is 45.0 Å². The molecular formula is C13H20N2O2. The molecule has 0 bridgehead atoms. The van der Waals surface area contributed by atoms with Crippen LogP contribution in [0.2, 0.25) is 0 Å². The lowest BCUT2D eigenvalue weighted by Crippen LogP contribution is -2.46. The molecule has 0 heterocycles. The number of carbonyl (C=O) groups is 1. The van der Waals surface area contributed by atoms with Gasteiger partial charge < -0.3 is 15.7 Å². The molecule has 17 heavy (non-hydrogen) atoms. The molecule has 1 aromatic rings. The van der Waals surface area contributed by atoms with Crippen molar-refractivity contribution in [2.24, 2.45) is 0 Å². The number of anilines is 1. The molecule has 0 aliphatic carbocycles. The zero-order valence-electron chi connectivity index (χ0n) is 10.6. The van der Waals surface area contributed by atoms with Gasteiger partial charge in [0.2, 0.25) is 0 Å². The van der Waals surface area contributed by atoms with Crippen molar-refractivity contribution in [3.8, 4) is 0 Å². The number of benzene rings is 1. The van der Waals surface area contributed by atoms with Crippen LogP contribution < -0.4 is 10.6 Å². The summed E-state index contributed by atoms with van der Waals surface area (Å²) in [5, 5.41) is 14.4. The predicted molar refractivity (Wildman–Crippen MR) is 69.1 cm³/mol. The van der Waals surface area contributed by atoms with Crippen LogP contribution in [0.4, 0.5) is 10.5 Å². The highest BCUT2D eigenvalue weighted by Crippen LogP contribution is 2.10. The molecule has 4 nitrogen and oxygen atoms in total. The first kappa shape index (κ1) is 13.5. The van der Waals surface area contributed by atoms with E-state index in [0.717, 1.165) is 11.3 Å². The van der Waals surface area contributed by atoms with Crippen LogP contribution in [0.1, 0.15) is 25.8 Å². The molecule has 3 N–H and O–H groups in total. The number of aryl methyl sites for hydroxylation is 1. The van der Waals surface area contributed by atoms with Crippen LogP contribution in [0.25, 0.3) is 0 Å². The summed E-state index contributed by atoms with van der Waals surface area (Å²) in [5.74, 6) is 0. The Morgan fingerprint density at radius 3 is 2.41 bits per heavy atom. The van der Waals surface area contributed by atoms with Gasteiger partial charge in [0.15, 0.2) is 0 Å². The summed E-state index contributed by atoms with van der Waals surface area (Å²) >= 11 is 0. The minimum Gasteiger partial charge on any atom is -0.396 e. The highest BCUT2D eigenvalue weighted by atomic mass is 16.3. The van der Waals surface area contributed by atoms with Crippen LogP contribution >= 0.6 is 0 Å². The van der Waals surface area contributed by atoms with Crippen LogP contribution in [-0.4, -0.2) is 23.3 Å². The largest absolute Gasteiger partial charge is 0.396 e. The van der Waals surface area contributed by atoms with Gasteiger partial charge >= 0.3 is 6.03 Å². The maximum atomic E-state index is 11.7. The maximum Gasteiger partial charge on any atom is 0.319 e. The van der Waals surface area contributed by atoms with Crippen molar-refractivity contribution in [2.45, 2.75) is 32.7 Å². The van der Waals surface area contributed by atoms with E-state index in [4.69, 9.17) is 5.11 Å². The molecule has 0 fully saturated rings. The van der Waals surface area contributed by atoms with Gasteiger partial charge in [0.1, 0.15) is 0 Å². The lowest BCUT2D eigenvalue weighted by molar-refractivity contribution is 0.218. The van der Waals surface area contributed by atoms with E-state index in [2.05, 4.69) is 10.6 Å². The lowest BCUT2D eigenvalue weighted by atomic mass is 10.0. The average molecular weight is 236 g/mol. The highest BCUT2D eigenvalue weighted by Gasteiger charge is 2.19. The molecule has 0 saturated carbocycles. The molecule has 1 aromatic carbocycles. The second-order valence-corrected chi connectivity index (χ2v) is 4.80. The second-order valence-electron chi connectivity index (χ2n) is 4.80. The van der Waals surface area contributed by atoms with Crippen LogP contribution in [-0.2, 0) is 0 Å². The van der Waals surface area contributed by atoms with Crippen LogP contribution in [0.3, 0.4) is 0 Å². The first-order valence-electron chi connectivity index (χ1n) is 5.70. The third kappa shape index (κ3) is 4.87. The zero-order chi connectivity index (χ0) is 12.9. The number of nitrogens with one attached hydrogen (secondary N) is 2. The Labute approximate surface area is 102 Å². The quantitative estimate of drug-likeness (QED) is 0.751. The van der Waals surface area contributed by atoms with Gasteiger partial charge in [-0.15, -0.1) is 0 Å². The van der Waals surface area contributed by atoms with Crippen molar-refractivity contribution in [3.63, 3.8) is 0 Å². The van der Waals surface area contributed by atoms with Gasteiger partial charge in [-0.25, -0.2) is 4.79 Å². The number of aliphatic hydroxyl groups is 1. The van der Waals surface area contributed by atoms with Crippen molar-refractivity contribution < 1.29 is 9.90 Å². The van der Waals surface area contributed by atoms with Crippen LogP contribution in [0.15, 0.2) is 24.3 Å². The topological polar surface area (TPSA) is 61.4 Å². The highest BCUT2D eigenvalue weighted by molar-refractivity contribution is 5.89. The van der Waals surface area contributed by atoms with Gasteiger partial charge in [0.25, 0.3) is 0 Å². The van der Waals surface area contributed by atoms with E-state index in [9.17, 15) is 4.79 Å². The molecule has 0 aromatic heterocycles. The number of hydrogen-bond donors (Lipinski definition) is 3. The Hall–Kier alpha value is -1.55. The zero-order valence-corrected chi connectivity index (χ0v) is 10.6. The van der Waals surface area contributed by atoms with Crippen molar-refractivity contribution in [1.29, 1.82) is 0 Å². The van der Waals surface area contributed by atoms with Crippen LogP contribution in [0, 0.1) is 6.92 Å². The summed E-state index contributed by atoms with van der Waals surface area (Å²) in [4.78, 5) is 11.7. The number of urea groups is 1. The van der Waals surface area contributed by atoms with Crippen molar-refractivity contribution in [1.82, 2.24) is 5.32 Å². The summed E-state index contributed by atoms with van der Waals surface area (Å²) in [6.07, 6.45) is 0.522. The minimum atomic E-state index is -0.413. The lowest BCUT2D eigenvalue weighted by Gasteiger charge is -2.25. The monoisotopic (exact) mass is 236 g/mol. The first-order valence-corrected chi connectivity index (χ1v) is 5.70. The normalized spacial score (nSPS) is 11.1. The van der Waals surface area contributed by atoms with Gasteiger partial charge in [0.05, 0.1) is 0 Å². The molecule has 94 valence electrons. The first-order chi connectivity index (χ1) is 7.93. The molecule has 0 unspecified atom stereocenters. The van der Waals surface area contributed by atoms with E-state index in [0.29, 0.717) is 6.42 Å². The Balaban J connectivity index is 2.52. The molecule has 0 radical (unpaired) electrons. The third-order valence-corrected chi connectivity index (χ3v) is 2.50. The minimum absolute atomic E-state index is 0.0534. The molecule has 2 amide bonds. The van der Waals surface area contributed by atoms with Gasteiger partial charge in [-0.1, -0.05) is 17.7 Å². The molecular weight excluding hydrogens is 216 g/mol. The van der Waals surface area contributed by atoms with Gasteiger partial charge in [-0.05, 0) is 39.3 Å². The maximum absolute atomic E-state index is 11.7. The summed E-state index contributed by atoms with van der Waals surface area (Å²) in [6, 6.07) is 7.33. The number of carbonyl (C=O) groups excluding carboxylic acids is 1. The van der Waals surface area contributed by atoms with Crippen LogP contribution in [0.5, 0.6) is 0 Å². The fourth-order valence-corrected chi connectivity index (χ4v) is 1.45. The molecule has 0 aliphatic heterocycles. The number of hydrogen-bond acceptors (Lipinski definition) is 2. The Morgan fingerprint density at radius 1 is 1.29 bits per heavy atom. The predicted octanol–water partition coefficient (Wildman–Crippen LogP) is 2.28. The molecule has 0 atom stereocenters. The Bertz CT molecular complexity index is 372. The Morgan fingerprint density at radius 2 is 1.88 bits per heavy atom. The standard InChI is InChI=1S/C13H20N2O2/c1-10-4-6-11(7-5-10)14-12(17)15-13(2,3)8-9-16/h4-7,16H,8-9H2,1-3H3,(H2,14,15,17). The summed E-state index contributed by atoms with van der Waals surface area (Å²) in [7, 11) is 0. The van der Waals surface area contributed by atoms with Crippen molar-refractivity contribution >= 4 is 11.7 Å². The molecule has 0 spiro atoms. The smallest absolute Gasteiger partial charge is 0.319 e. The van der Waals surface area contributed by atoms with Crippen molar-refractivity contribution in [3.05, 3.63) is 29.8 Å². The summed E-state index contributed by atoms with van der Waals surface area (Å²) < 4.78 is 0. The third-order valence-electron chi connectivity index (χ3n) is 2.50. The fraction of sp³-hybridized carbons (Fsp3) is 0.462. The molecule has 0 aliphatic rings. The van der Waals surface area contributed by atoms with Gasteiger partial charge in [0, 0.05) is 17.8 Å².